The Morgan fingerprint density at radius 2 is 2.20 bits per heavy atom. The Bertz CT molecular complexity index is 577. The fourth-order valence-electron chi connectivity index (χ4n) is 1.88. The molecular weight excluding hydrogens is 314 g/mol. The van der Waals surface area contributed by atoms with Crippen molar-refractivity contribution in [3.05, 3.63) is 23.2 Å². The average Bonchev–Trinajstić information content (AvgIpc) is 2.83. The molecule has 20 heavy (non-hydrogen) atoms. The molecule has 1 heterocycles. The van der Waals surface area contributed by atoms with E-state index in [1.807, 2.05) is 0 Å². The van der Waals surface area contributed by atoms with Crippen molar-refractivity contribution >= 4 is 21.6 Å². The lowest BCUT2D eigenvalue weighted by molar-refractivity contribution is -0.0498. The highest BCUT2D eigenvalue weighted by Gasteiger charge is 2.23. The maximum atomic E-state index is 12.1. The van der Waals surface area contributed by atoms with Gasteiger partial charge in [0.15, 0.2) is 0 Å². The van der Waals surface area contributed by atoms with Crippen molar-refractivity contribution in [2.24, 2.45) is 0 Å². The lowest BCUT2D eigenvalue weighted by Gasteiger charge is -2.13. The fourth-order valence-corrected chi connectivity index (χ4v) is 3.47. The molecular formula is C11H13ClF2N2O3S. The number of ether oxygens (including phenoxy) is 1. The van der Waals surface area contributed by atoms with Crippen LogP contribution in [0, 0.1) is 0 Å². The molecule has 0 saturated carbocycles. The predicted octanol–water partition coefficient (Wildman–Crippen LogP) is 1.58. The minimum absolute atomic E-state index is 0.0870. The first kappa shape index (κ1) is 15.4. The Morgan fingerprint density at radius 1 is 1.45 bits per heavy atom. The zero-order valence-corrected chi connectivity index (χ0v) is 11.8. The molecule has 0 amide bonds. The van der Waals surface area contributed by atoms with Gasteiger partial charge in [-0.1, -0.05) is 11.6 Å². The van der Waals surface area contributed by atoms with E-state index in [9.17, 15) is 17.2 Å². The fraction of sp³-hybridized carbons (Fsp3) is 0.455. The van der Waals surface area contributed by atoms with Crippen molar-refractivity contribution in [2.45, 2.75) is 24.0 Å². The van der Waals surface area contributed by atoms with E-state index in [0.717, 1.165) is 18.7 Å². The minimum Gasteiger partial charge on any atom is -0.433 e. The Balaban J connectivity index is 2.17. The third-order valence-corrected chi connectivity index (χ3v) is 4.63. The zero-order valence-electron chi connectivity index (χ0n) is 10.3. The first-order chi connectivity index (χ1) is 9.38. The number of alkyl halides is 2. The van der Waals surface area contributed by atoms with Gasteiger partial charge in [-0.25, -0.2) is 13.1 Å². The molecule has 0 radical (unpaired) electrons. The molecule has 9 heteroatoms. The molecule has 1 atom stereocenters. The lowest BCUT2D eigenvalue weighted by Crippen LogP contribution is -2.36. The van der Waals surface area contributed by atoms with E-state index in [1.54, 1.807) is 0 Å². The second-order valence-corrected chi connectivity index (χ2v) is 6.40. The highest BCUT2D eigenvalue weighted by atomic mass is 35.5. The van der Waals surface area contributed by atoms with Crippen LogP contribution in [0.3, 0.4) is 0 Å². The van der Waals surface area contributed by atoms with Crippen LogP contribution in [-0.2, 0) is 10.0 Å². The normalized spacial score (nSPS) is 19.5. The molecule has 1 saturated heterocycles. The second-order valence-electron chi connectivity index (χ2n) is 4.28. The monoisotopic (exact) mass is 326 g/mol. The van der Waals surface area contributed by atoms with Crippen LogP contribution in [0.5, 0.6) is 5.75 Å². The topological polar surface area (TPSA) is 67.4 Å². The molecule has 1 aromatic rings. The summed E-state index contributed by atoms with van der Waals surface area (Å²) in [7, 11) is -3.73. The third-order valence-electron chi connectivity index (χ3n) is 2.81. The third kappa shape index (κ3) is 3.78. The number of rotatable bonds is 5. The van der Waals surface area contributed by atoms with Crippen molar-refractivity contribution in [3.8, 4) is 5.75 Å². The summed E-state index contributed by atoms with van der Waals surface area (Å²) in [6.45, 7) is -1.72. The molecule has 0 aromatic heterocycles. The first-order valence-corrected chi connectivity index (χ1v) is 7.72. The van der Waals surface area contributed by atoms with Crippen molar-refractivity contribution in [1.82, 2.24) is 10.0 Å². The van der Waals surface area contributed by atoms with Crippen LogP contribution in [0.2, 0.25) is 5.02 Å². The Morgan fingerprint density at radius 3 is 2.75 bits per heavy atom. The van der Waals surface area contributed by atoms with Gasteiger partial charge in [0, 0.05) is 12.6 Å². The number of hydrogen-bond acceptors (Lipinski definition) is 4. The molecule has 0 bridgehead atoms. The quantitative estimate of drug-likeness (QED) is 0.862. The molecule has 1 aromatic carbocycles. The summed E-state index contributed by atoms with van der Waals surface area (Å²) >= 11 is 5.73. The standard InChI is InChI=1S/C11H13ClF2N2O3S/c12-9-5-8(1-2-10(9)19-11(13)14)20(17,18)16-7-3-4-15-6-7/h1-2,5,7,11,15-16H,3-4,6H2. The summed E-state index contributed by atoms with van der Waals surface area (Å²) in [6.07, 6.45) is 0.694. The van der Waals surface area contributed by atoms with Crippen molar-refractivity contribution < 1.29 is 21.9 Å². The Hall–Kier alpha value is -0.960. The van der Waals surface area contributed by atoms with Crippen LogP contribution in [0.15, 0.2) is 23.1 Å². The molecule has 112 valence electrons. The predicted molar refractivity (Wildman–Crippen MR) is 69.7 cm³/mol. The maximum absolute atomic E-state index is 12.1. The summed E-state index contributed by atoms with van der Waals surface area (Å²) in [5.74, 6) is -0.261. The van der Waals surface area contributed by atoms with Gasteiger partial charge in [-0.05, 0) is 31.2 Å². The van der Waals surface area contributed by atoms with Crippen molar-refractivity contribution in [1.29, 1.82) is 0 Å². The number of halogens is 3. The van der Waals surface area contributed by atoms with E-state index < -0.39 is 16.6 Å². The number of hydrogen-bond donors (Lipinski definition) is 2. The zero-order chi connectivity index (χ0) is 14.8. The van der Waals surface area contributed by atoms with Gasteiger partial charge in [-0.15, -0.1) is 0 Å². The van der Waals surface area contributed by atoms with Gasteiger partial charge in [-0.2, -0.15) is 8.78 Å². The molecule has 2 rings (SSSR count). The van der Waals surface area contributed by atoms with Crippen LogP contribution in [0.1, 0.15) is 6.42 Å². The smallest absolute Gasteiger partial charge is 0.387 e. The molecule has 0 spiro atoms. The number of nitrogens with one attached hydrogen (secondary N) is 2. The Labute approximate surface area is 120 Å². The first-order valence-electron chi connectivity index (χ1n) is 5.86. The SMILES string of the molecule is O=S(=O)(NC1CCNC1)c1ccc(OC(F)F)c(Cl)c1. The van der Waals surface area contributed by atoms with E-state index in [1.165, 1.54) is 6.07 Å². The van der Waals surface area contributed by atoms with Crippen LogP contribution < -0.4 is 14.8 Å². The molecule has 2 N–H and O–H groups in total. The molecule has 5 nitrogen and oxygen atoms in total. The lowest BCUT2D eigenvalue weighted by atomic mass is 10.3. The summed E-state index contributed by atoms with van der Waals surface area (Å²) in [6, 6.07) is 3.18. The van der Waals surface area contributed by atoms with Gasteiger partial charge in [-0.3, -0.25) is 0 Å². The van der Waals surface area contributed by atoms with E-state index in [2.05, 4.69) is 14.8 Å². The van der Waals surface area contributed by atoms with Gasteiger partial charge < -0.3 is 10.1 Å². The van der Waals surface area contributed by atoms with Gasteiger partial charge in [0.05, 0.1) is 9.92 Å². The summed E-state index contributed by atoms with van der Waals surface area (Å²) in [5.41, 5.74) is 0. The van der Waals surface area contributed by atoms with Crippen molar-refractivity contribution in [2.75, 3.05) is 13.1 Å². The van der Waals surface area contributed by atoms with Crippen LogP contribution >= 0.6 is 11.6 Å². The van der Waals surface area contributed by atoms with Gasteiger partial charge >= 0.3 is 6.61 Å². The highest BCUT2D eigenvalue weighted by Crippen LogP contribution is 2.28. The van der Waals surface area contributed by atoms with E-state index in [0.29, 0.717) is 13.0 Å². The largest absolute Gasteiger partial charge is 0.433 e. The maximum Gasteiger partial charge on any atom is 0.387 e. The van der Waals surface area contributed by atoms with Gasteiger partial charge in [0.2, 0.25) is 10.0 Å². The summed E-state index contributed by atoms with van der Waals surface area (Å²) in [5, 5.41) is 2.85. The molecule has 1 fully saturated rings. The number of benzene rings is 1. The highest BCUT2D eigenvalue weighted by molar-refractivity contribution is 7.89. The average molecular weight is 327 g/mol. The van der Waals surface area contributed by atoms with E-state index in [-0.39, 0.29) is 21.7 Å². The van der Waals surface area contributed by atoms with Crippen LogP contribution in [-0.4, -0.2) is 34.2 Å². The molecule has 1 aliphatic heterocycles. The number of sulfonamides is 1. The van der Waals surface area contributed by atoms with Crippen LogP contribution in [0.4, 0.5) is 8.78 Å². The minimum atomic E-state index is -3.73. The van der Waals surface area contributed by atoms with E-state index in [4.69, 9.17) is 11.6 Å². The van der Waals surface area contributed by atoms with Gasteiger partial charge in [0.25, 0.3) is 0 Å². The second kappa shape index (κ2) is 6.21. The summed E-state index contributed by atoms with van der Waals surface area (Å²) < 4.78 is 55.0. The molecule has 1 unspecified atom stereocenters. The summed E-state index contributed by atoms with van der Waals surface area (Å²) in [4.78, 5) is -0.0870. The molecule has 0 aliphatic carbocycles. The van der Waals surface area contributed by atoms with Crippen molar-refractivity contribution in [3.63, 3.8) is 0 Å². The van der Waals surface area contributed by atoms with E-state index >= 15 is 0 Å². The van der Waals surface area contributed by atoms with Gasteiger partial charge in [0.1, 0.15) is 5.75 Å². The van der Waals surface area contributed by atoms with Crippen LogP contribution in [0.25, 0.3) is 0 Å². The Kier molecular flexibility index (Phi) is 4.79. The molecule has 1 aliphatic rings.